The highest BCUT2D eigenvalue weighted by Crippen LogP contribution is 2.58. The first-order chi connectivity index (χ1) is 7.36. The Labute approximate surface area is 99.9 Å². The monoisotopic (exact) mass is 222 g/mol. The van der Waals surface area contributed by atoms with Crippen molar-refractivity contribution in [3.63, 3.8) is 0 Å². The normalized spacial score (nSPS) is 40.2. The summed E-state index contributed by atoms with van der Waals surface area (Å²) in [5.74, 6) is 1.26. The van der Waals surface area contributed by atoms with Crippen molar-refractivity contribution in [2.45, 2.75) is 65.4 Å². The van der Waals surface area contributed by atoms with E-state index in [1.165, 1.54) is 32.1 Å². The first-order valence-electron chi connectivity index (χ1n) is 6.74. The van der Waals surface area contributed by atoms with Crippen molar-refractivity contribution in [1.82, 2.24) is 0 Å². The predicted molar refractivity (Wildman–Crippen MR) is 68.2 cm³/mol. The molecule has 1 nitrogen and oxygen atoms in total. The number of allylic oxidation sites excluding steroid dienone is 2. The van der Waals surface area contributed by atoms with Gasteiger partial charge in [0.05, 0.1) is 5.60 Å². The van der Waals surface area contributed by atoms with Gasteiger partial charge in [0.25, 0.3) is 0 Å². The summed E-state index contributed by atoms with van der Waals surface area (Å²) in [6, 6.07) is 0. The largest absolute Gasteiger partial charge is 0.390 e. The second-order valence-electron chi connectivity index (χ2n) is 6.67. The molecular weight excluding hydrogens is 196 g/mol. The molecule has 0 amide bonds. The Morgan fingerprint density at radius 2 is 2.06 bits per heavy atom. The molecule has 0 aromatic heterocycles. The second-order valence-corrected chi connectivity index (χ2v) is 6.67. The maximum Gasteiger partial charge on any atom is 0.0625 e. The van der Waals surface area contributed by atoms with E-state index in [1.54, 1.807) is 5.57 Å². The SMILES string of the molecule is CC1=CCC2(CC1)C(C)CCC2C(C)(C)O. The zero-order valence-electron chi connectivity index (χ0n) is 11.2. The van der Waals surface area contributed by atoms with Crippen LogP contribution in [0.4, 0.5) is 0 Å². The van der Waals surface area contributed by atoms with Gasteiger partial charge in [-0.25, -0.2) is 0 Å². The molecule has 0 aromatic rings. The van der Waals surface area contributed by atoms with Gasteiger partial charge in [-0.15, -0.1) is 0 Å². The fraction of sp³-hybridized carbons (Fsp3) is 0.867. The van der Waals surface area contributed by atoms with Gasteiger partial charge in [-0.1, -0.05) is 18.6 Å². The van der Waals surface area contributed by atoms with Crippen LogP contribution in [0.15, 0.2) is 11.6 Å². The van der Waals surface area contributed by atoms with Crippen molar-refractivity contribution in [3.05, 3.63) is 11.6 Å². The van der Waals surface area contributed by atoms with Gasteiger partial charge in [-0.05, 0) is 70.1 Å². The molecule has 0 radical (unpaired) electrons. The van der Waals surface area contributed by atoms with Gasteiger partial charge in [0.2, 0.25) is 0 Å². The maximum atomic E-state index is 10.4. The van der Waals surface area contributed by atoms with Crippen LogP contribution < -0.4 is 0 Å². The van der Waals surface area contributed by atoms with Gasteiger partial charge >= 0.3 is 0 Å². The number of hydrogen-bond acceptors (Lipinski definition) is 1. The molecule has 92 valence electrons. The second kappa shape index (κ2) is 3.87. The zero-order valence-corrected chi connectivity index (χ0v) is 11.2. The van der Waals surface area contributed by atoms with E-state index in [0.29, 0.717) is 11.3 Å². The van der Waals surface area contributed by atoms with Crippen LogP contribution in [0.5, 0.6) is 0 Å². The fourth-order valence-corrected chi connectivity index (χ4v) is 4.15. The molecule has 16 heavy (non-hydrogen) atoms. The molecule has 3 atom stereocenters. The summed E-state index contributed by atoms with van der Waals surface area (Å²) in [6.07, 6.45) is 8.62. The Morgan fingerprint density at radius 3 is 2.56 bits per heavy atom. The number of hydrogen-bond donors (Lipinski definition) is 1. The Morgan fingerprint density at radius 1 is 1.38 bits per heavy atom. The van der Waals surface area contributed by atoms with Gasteiger partial charge in [-0.3, -0.25) is 0 Å². The zero-order chi connectivity index (χ0) is 12.0. The van der Waals surface area contributed by atoms with E-state index in [0.717, 1.165) is 5.92 Å². The molecule has 2 rings (SSSR count). The molecule has 2 aliphatic carbocycles. The first kappa shape index (κ1) is 12.2. The highest BCUT2D eigenvalue weighted by atomic mass is 16.3. The van der Waals surface area contributed by atoms with Crippen molar-refractivity contribution in [3.8, 4) is 0 Å². The average Bonchev–Trinajstić information content (AvgIpc) is 2.49. The highest BCUT2D eigenvalue weighted by Gasteiger charge is 2.52. The van der Waals surface area contributed by atoms with E-state index in [9.17, 15) is 5.11 Å². The minimum atomic E-state index is -0.510. The minimum Gasteiger partial charge on any atom is -0.390 e. The minimum absolute atomic E-state index is 0.387. The molecule has 0 aliphatic heterocycles. The van der Waals surface area contributed by atoms with Crippen LogP contribution in [0.25, 0.3) is 0 Å². The Balaban J connectivity index is 2.29. The van der Waals surface area contributed by atoms with Crippen molar-refractivity contribution in [2.75, 3.05) is 0 Å². The molecule has 0 saturated heterocycles. The lowest BCUT2D eigenvalue weighted by Crippen LogP contribution is -2.43. The average molecular weight is 222 g/mol. The summed E-state index contributed by atoms with van der Waals surface area (Å²) >= 11 is 0. The molecule has 0 bridgehead atoms. The quantitative estimate of drug-likeness (QED) is 0.667. The Kier molecular flexibility index (Phi) is 2.94. The molecular formula is C15H26O. The summed E-state index contributed by atoms with van der Waals surface area (Å²) in [4.78, 5) is 0. The molecule has 1 fully saturated rings. The molecule has 2 aliphatic rings. The van der Waals surface area contributed by atoms with E-state index < -0.39 is 5.60 Å². The van der Waals surface area contributed by atoms with Crippen LogP contribution in [0, 0.1) is 17.3 Å². The third kappa shape index (κ3) is 1.84. The molecule has 0 aromatic carbocycles. The summed E-state index contributed by atoms with van der Waals surface area (Å²) in [5, 5.41) is 10.4. The van der Waals surface area contributed by atoms with E-state index in [-0.39, 0.29) is 0 Å². The predicted octanol–water partition coefficient (Wildman–Crippen LogP) is 3.92. The van der Waals surface area contributed by atoms with E-state index in [2.05, 4.69) is 19.9 Å². The smallest absolute Gasteiger partial charge is 0.0625 e. The standard InChI is InChI=1S/C15H26O/c1-11-7-9-15(10-8-11)12(2)5-6-13(15)14(3,4)16/h7,12-13,16H,5-6,8-10H2,1-4H3. The Bertz CT molecular complexity index is 297. The lowest BCUT2D eigenvalue weighted by Gasteiger charge is -2.46. The van der Waals surface area contributed by atoms with Gasteiger partial charge in [-0.2, -0.15) is 0 Å². The van der Waals surface area contributed by atoms with Crippen molar-refractivity contribution in [2.24, 2.45) is 17.3 Å². The molecule has 1 heteroatoms. The van der Waals surface area contributed by atoms with Crippen molar-refractivity contribution < 1.29 is 5.11 Å². The number of rotatable bonds is 1. The van der Waals surface area contributed by atoms with Crippen LogP contribution in [-0.4, -0.2) is 10.7 Å². The molecule has 0 heterocycles. The Hall–Kier alpha value is -0.300. The lowest BCUT2D eigenvalue weighted by molar-refractivity contribution is -0.0507. The molecule has 1 saturated carbocycles. The van der Waals surface area contributed by atoms with Crippen LogP contribution in [-0.2, 0) is 0 Å². The summed E-state index contributed by atoms with van der Waals surface area (Å²) in [7, 11) is 0. The summed E-state index contributed by atoms with van der Waals surface area (Å²) in [6.45, 7) is 8.64. The van der Waals surface area contributed by atoms with Gasteiger partial charge in [0.1, 0.15) is 0 Å². The van der Waals surface area contributed by atoms with Gasteiger partial charge in [0.15, 0.2) is 0 Å². The summed E-state index contributed by atoms with van der Waals surface area (Å²) < 4.78 is 0. The fourth-order valence-electron chi connectivity index (χ4n) is 4.15. The highest BCUT2D eigenvalue weighted by molar-refractivity contribution is 5.13. The van der Waals surface area contributed by atoms with E-state index in [4.69, 9.17) is 0 Å². The van der Waals surface area contributed by atoms with Gasteiger partial charge < -0.3 is 5.11 Å². The van der Waals surface area contributed by atoms with Crippen molar-refractivity contribution in [1.29, 1.82) is 0 Å². The first-order valence-corrected chi connectivity index (χ1v) is 6.74. The van der Waals surface area contributed by atoms with Crippen molar-refractivity contribution >= 4 is 0 Å². The topological polar surface area (TPSA) is 20.2 Å². The molecule has 1 N–H and O–H groups in total. The molecule has 3 unspecified atom stereocenters. The lowest BCUT2D eigenvalue weighted by atomic mass is 9.60. The third-order valence-corrected chi connectivity index (χ3v) is 5.23. The van der Waals surface area contributed by atoms with Crippen LogP contribution >= 0.6 is 0 Å². The molecule has 1 spiro atoms. The third-order valence-electron chi connectivity index (χ3n) is 5.23. The van der Waals surface area contributed by atoms with E-state index >= 15 is 0 Å². The van der Waals surface area contributed by atoms with Gasteiger partial charge in [0, 0.05) is 0 Å². The number of aliphatic hydroxyl groups is 1. The van der Waals surface area contributed by atoms with Crippen LogP contribution in [0.1, 0.15) is 59.8 Å². The van der Waals surface area contributed by atoms with Crippen LogP contribution in [0.3, 0.4) is 0 Å². The summed E-state index contributed by atoms with van der Waals surface area (Å²) in [5.41, 5.74) is 1.42. The van der Waals surface area contributed by atoms with Crippen LogP contribution in [0.2, 0.25) is 0 Å². The maximum absolute atomic E-state index is 10.4. The van der Waals surface area contributed by atoms with E-state index in [1.807, 2.05) is 13.8 Å².